The molecule has 190 valence electrons. The van der Waals surface area contributed by atoms with E-state index in [0.29, 0.717) is 19.3 Å². The first-order valence-electron chi connectivity index (χ1n) is 12.3. The molecular formula is C26H32O9. The Balaban J connectivity index is 1.82. The van der Waals surface area contributed by atoms with Crippen molar-refractivity contribution in [1.82, 2.24) is 0 Å². The molecule has 5 rings (SSSR count). The van der Waals surface area contributed by atoms with Crippen LogP contribution in [0.25, 0.3) is 0 Å². The summed E-state index contributed by atoms with van der Waals surface area (Å²) in [5, 5.41) is 0. The van der Waals surface area contributed by atoms with Gasteiger partial charge in [-0.05, 0) is 30.8 Å². The Hall–Kier alpha value is -2.55. The van der Waals surface area contributed by atoms with Crippen molar-refractivity contribution in [1.29, 1.82) is 0 Å². The van der Waals surface area contributed by atoms with Gasteiger partial charge in [0.05, 0.1) is 12.5 Å². The zero-order chi connectivity index (χ0) is 25.6. The Morgan fingerprint density at radius 1 is 1.09 bits per heavy atom. The van der Waals surface area contributed by atoms with E-state index in [4.69, 9.17) is 18.9 Å². The Morgan fingerprint density at radius 2 is 1.77 bits per heavy atom. The predicted molar refractivity (Wildman–Crippen MR) is 118 cm³/mol. The maximum atomic E-state index is 14.2. The fraction of sp³-hybridized carbons (Fsp3) is 0.731. The van der Waals surface area contributed by atoms with E-state index in [0.717, 1.165) is 6.29 Å². The third-order valence-electron chi connectivity index (χ3n) is 9.57. The molecule has 0 aromatic rings. The molecule has 1 saturated heterocycles. The van der Waals surface area contributed by atoms with Crippen molar-refractivity contribution in [2.75, 3.05) is 6.61 Å². The second kappa shape index (κ2) is 7.48. The number of Topliss-reactive ketones (excluding diaryl/α,β-unsaturated/α-hetero) is 1. The molecule has 5 aliphatic rings. The van der Waals surface area contributed by atoms with Crippen LogP contribution in [0.4, 0.5) is 0 Å². The highest BCUT2D eigenvalue weighted by atomic mass is 16.7. The molecule has 1 unspecified atom stereocenters. The van der Waals surface area contributed by atoms with Gasteiger partial charge in [0.2, 0.25) is 5.79 Å². The summed E-state index contributed by atoms with van der Waals surface area (Å²) in [5.41, 5.74) is -2.74. The Bertz CT molecular complexity index is 1050. The Labute approximate surface area is 203 Å². The third-order valence-corrected chi connectivity index (χ3v) is 9.57. The first kappa shape index (κ1) is 24.2. The average molecular weight is 489 g/mol. The highest BCUT2D eigenvalue weighted by molar-refractivity contribution is 6.05. The Kier molecular flexibility index (Phi) is 5.16. The summed E-state index contributed by atoms with van der Waals surface area (Å²) in [6.45, 7) is 9.94. The van der Waals surface area contributed by atoms with Crippen molar-refractivity contribution in [2.45, 2.75) is 77.8 Å². The number of hydrogen-bond acceptors (Lipinski definition) is 9. The molecule has 5 fully saturated rings. The van der Waals surface area contributed by atoms with Crippen molar-refractivity contribution in [3.8, 4) is 0 Å². The number of esters is 3. The molecule has 2 spiro atoms. The van der Waals surface area contributed by atoms with Gasteiger partial charge in [-0.15, -0.1) is 0 Å². The van der Waals surface area contributed by atoms with Gasteiger partial charge in [-0.2, -0.15) is 0 Å². The van der Waals surface area contributed by atoms with Gasteiger partial charge in [-0.25, -0.2) is 0 Å². The smallest absolute Gasteiger partial charge is 0.305 e. The quantitative estimate of drug-likeness (QED) is 0.254. The van der Waals surface area contributed by atoms with E-state index in [-0.39, 0.29) is 36.7 Å². The van der Waals surface area contributed by atoms with Crippen LogP contribution in [-0.2, 0) is 42.9 Å². The van der Waals surface area contributed by atoms with Gasteiger partial charge in [0.25, 0.3) is 0 Å². The molecule has 1 aliphatic heterocycles. The molecule has 9 heteroatoms. The average Bonchev–Trinajstić information content (AvgIpc) is 3.14. The number of ether oxygens (including phenoxy) is 4. The number of ketones is 1. The summed E-state index contributed by atoms with van der Waals surface area (Å²) in [6.07, 6.45) is 1.34. The lowest BCUT2D eigenvalue weighted by molar-refractivity contribution is -0.301. The molecule has 0 radical (unpaired) electrons. The number of carbonyl (C=O) groups excluding carboxylic acids is 5. The largest absolute Gasteiger partial charge is 0.461 e. The van der Waals surface area contributed by atoms with E-state index in [2.05, 4.69) is 6.58 Å². The summed E-state index contributed by atoms with van der Waals surface area (Å²) in [7, 11) is 0. The normalized spacial score (nSPS) is 47.4. The summed E-state index contributed by atoms with van der Waals surface area (Å²) >= 11 is 0. The minimum Gasteiger partial charge on any atom is -0.461 e. The molecule has 0 aromatic carbocycles. The number of aldehydes is 1. The fourth-order valence-corrected chi connectivity index (χ4v) is 8.77. The van der Waals surface area contributed by atoms with Crippen LogP contribution in [0.3, 0.4) is 0 Å². The van der Waals surface area contributed by atoms with Gasteiger partial charge in [0.1, 0.15) is 23.9 Å². The van der Waals surface area contributed by atoms with Crippen LogP contribution in [0.1, 0.15) is 59.8 Å². The number of carbonyl (C=O) groups is 5. The van der Waals surface area contributed by atoms with Crippen LogP contribution in [0.2, 0.25) is 0 Å². The van der Waals surface area contributed by atoms with Crippen molar-refractivity contribution in [3.05, 3.63) is 12.2 Å². The van der Waals surface area contributed by atoms with Gasteiger partial charge in [0, 0.05) is 43.9 Å². The van der Waals surface area contributed by atoms with Crippen LogP contribution in [0, 0.1) is 34.0 Å². The first-order valence-corrected chi connectivity index (χ1v) is 12.3. The van der Waals surface area contributed by atoms with Gasteiger partial charge in [-0.3, -0.25) is 19.2 Å². The monoisotopic (exact) mass is 488 g/mol. The molecule has 1 heterocycles. The van der Waals surface area contributed by atoms with Crippen LogP contribution in [-0.4, -0.2) is 54.6 Å². The van der Waals surface area contributed by atoms with E-state index in [1.54, 1.807) is 0 Å². The minimum atomic E-state index is -1.53. The molecule has 35 heavy (non-hydrogen) atoms. The number of rotatable bonds is 4. The lowest BCUT2D eigenvalue weighted by Crippen LogP contribution is -2.73. The lowest BCUT2D eigenvalue weighted by atomic mass is 9.39. The summed E-state index contributed by atoms with van der Waals surface area (Å²) in [5.74, 6) is -5.29. The van der Waals surface area contributed by atoms with Crippen molar-refractivity contribution in [3.63, 3.8) is 0 Å². The molecule has 4 aliphatic carbocycles. The van der Waals surface area contributed by atoms with E-state index in [9.17, 15) is 24.0 Å². The van der Waals surface area contributed by atoms with Crippen molar-refractivity contribution < 1.29 is 42.9 Å². The lowest BCUT2D eigenvalue weighted by Gasteiger charge is -2.64. The van der Waals surface area contributed by atoms with Crippen molar-refractivity contribution in [2.24, 2.45) is 34.0 Å². The molecule has 9 atom stereocenters. The topological polar surface area (TPSA) is 122 Å². The Morgan fingerprint density at radius 3 is 2.37 bits per heavy atom. The molecular weight excluding hydrogens is 456 g/mol. The number of hydrogen-bond donors (Lipinski definition) is 0. The molecule has 2 bridgehead atoms. The van der Waals surface area contributed by atoms with Gasteiger partial charge in [0.15, 0.2) is 5.78 Å². The summed E-state index contributed by atoms with van der Waals surface area (Å²) < 4.78 is 24.1. The molecule has 0 N–H and O–H groups in total. The van der Waals surface area contributed by atoms with Crippen molar-refractivity contribution >= 4 is 30.0 Å². The number of fused-ring (bicyclic) bond motifs is 1. The molecule has 4 saturated carbocycles. The van der Waals surface area contributed by atoms with Crippen LogP contribution in [0.15, 0.2) is 12.2 Å². The van der Waals surface area contributed by atoms with Gasteiger partial charge in [-0.1, -0.05) is 19.9 Å². The van der Waals surface area contributed by atoms with Gasteiger partial charge < -0.3 is 23.7 Å². The SMILES string of the molecule is C=C1C(=O)[C@@]23C(OC(C)=O)[C@H]1C[C@@]1(OC(C)=O)OC[C@]4(CCC[C@](C)(C=O)[C@H]4C[C@H]2OC(C)=O)[C@H]13. The second-order valence-electron chi connectivity index (χ2n) is 11.4. The highest BCUT2D eigenvalue weighted by Gasteiger charge is 2.86. The van der Waals surface area contributed by atoms with Crippen LogP contribution in [0.5, 0.6) is 0 Å². The maximum Gasteiger partial charge on any atom is 0.305 e. The third kappa shape index (κ3) is 2.87. The zero-order valence-electron chi connectivity index (χ0n) is 20.6. The van der Waals surface area contributed by atoms with E-state index < -0.39 is 64.0 Å². The van der Waals surface area contributed by atoms with E-state index >= 15 is 0 Å². The van der Waals surface area contributed by atoms with Gasteiger partial charge >= 0.3 is 17.9 Å². The summed E-state index contributed by atoms with van der Waals surface area (Å²) in [6, 6.07) is 0. The second-order valence-corrected chi connectivity index (χ2v) is 11.4. The predicted octanol–water partition coefficient (Wildman–Crippen LogP) is 2.30. The molecule has 0 aromatic heterocycles. The standard InChI is InChI=1S/C26H32O9/c1-13-17-10-25(35-16(4)30)22-24(12-32-25)8-6-7-23(5,11-27)18(24)9-19(33-14(2)28)26(22,20(13)31)21(17)34-15(3)29/h11,17-19,21-22H,1,6-10,12H2,2-5H3/t17-,18+,19+,21?,22+,23+,24-,25-,26+/m0/s1. The minimum absolute atomic E-state index is 0.0978. The maximum absolute atomic E-state index is 14.2. The fourth-order valence-electron chi connectivity index (χ4n) is 8.77. The highest BCUT2D eigenvalue weighted by Crippen LogP contribution is 2.77. The van der Waals surface area contributed by atoms with E-state index in [1.165, 1.54) is 20.8 Å². The molecule has 0 amide bonds. The van der Waals surface area contributed by atoms with Crippen LogP contribution >= 0.6 is 0 Å². The van der Waals surface area contributed by atoms with E-state index in [1.807, 2.05) is 6.92 Å². The summed E-state index contributed by atoms with van der Waals surface area (Å²) in [4.78, 5) is 63.7. The zero-order valence-corrected chi connectivity index (χ0v) is 20.6. The molecule has 9 nitrogen and oxygen atoms in total. The van der Waals surface area contributed by atoms with Crippen LogP contribution < -0.4 is 0 Å². The first-order chi connectivity index (χ1) is 16.4.